The predicted molar refractivity (Wildman–Crippen MR) is 268 cm³/mol. The molecule has 5 heterocycles. The number of para-hydroxylation sites is 1. The van der Waals surface area contributed by atoms with Crippen LogP contribution in [0.15, 0.2) is 133 Å². The molecule has 0 aliphatic carbocycles. The first-order valence-corrected chi connectivity index (χ1v) is 23.1. The fourth-order valence-corrected chi connectivity index (χ4v) is 9.28. The molecular formula is C58H56N4O3. The lowest BCUT2D eigenvalue weighted by molar-refractivity contribution is -0.137. The molecule has 0 fully saturated rings. The molecule has 3 aromatic heterocycles. The van der Waals surface area contributed by atoms with Crippen molar-refractivity contribution in [2.45, 2.75) is 78.6 Å². The molecule has 0 radical (unpaired) electrons. The molecule has 326 valence electrons. The number of fused-ring (bicyclic) bond motifs is 8. The SMILES string of the molecule is Cc1ccccc1-c1c(-c2ccccc2C)c2c(-c3ccccc3)c3nc(cc4ccc(cc5nc(cc1n2-c1ccccc1C)C=C5)[nH]4)C=C3OCCCCCCCCCCC(=O)O. The molecular weight excluding hydrogens is 801 g/mol. The van der Waals surface area contributed by atoms with Crippen LogP contribution < -0.4 is 0 Å². The minimum atomic E-state index is -0.708. The Morgan fingerprint density at radius 1 is 0.585 bits per heavy atom. The second kappa shape index (κ2) is 19.6. The lowest BCUT2D eigenvalue weighted by Gasteiger charge is -2.17. The number of carboxylic acids is 1. The summed E-state index contributed by atoms with van der Waals surface area (Å²) in [7, 11) is 0. The van der Waals surface area contributed by atoms with Crippen molar-refractivity contribution in [3.63, 3.8) is 0 Å². The Labute approximate surface area is 381 Å². The number of nitrogens with zero attached hydrogens (tertiary/aromatic N) is 3. The van der Waals surface area contributed by atoms with Gasteiger partial charge >= 0.3 is 5.97 Å². The number of H-pyrrole nitrogens is 1. The summed E-state index contributed by atoms with van der Waals surface area (Å²) in [6.07, 6.45) is 14.7. The third-order valence-electron chi connectivity index (χ3n) is 12.5. The van der Waals surface area contributed by atoms with Gasteiger partial charge < -0.3 is 19.4 Å². The number of aromatic nitrogens is 4. The van der Waals surface area contributed by atoms with Crippen LogP contribution in [0.25, 0.3) is 85.1 Å². The van der Waals surface area contributed by atoms with Gasteiger partial charge in [-0.15, -0.1) is 0 Å². The zero-order chi connectivity index (χ0) is 44.7. The number of ether oxygens (including phenoxy) is 1. The van der Waals surface area contributed by atoms with Crippen LogP contribution >= 0.6 is 0 Å². The Bertz CT molecular complexity index is 3100. The molecule has 8 bridgehead atoms. The van der Waals surface area contributed by atoms with E-state index < -0.39 is 5.97 Å². The van der Waals surface area contributed by atoms with Gasteiger partial charge in [-0.3, -0.25) is 4.79 Å². The number of aliphatic carboxylic acids is 1. The highest BCUT2D eigenvalue weighted by molar-refractivity contribution is 6.12. The minimum absolute atomic E-state index is 0.259. The van der Waals surface area contributed by atoms with Crippen LogP contribution in [-0.2, 0) is 9.53 Å². The number of aryl methyl sites for hydroxylation is 3. The lowest BCUT2D eigenvalue weighted by atomic mass is 9.89. The van der Waals surface area contributed by atoms with E-state index in [-0.39, 0.29) is 6.42 Å². The number of benzene rings is 4. The average Bonchev–Trinajstić information content (AvgIpc) is 4.11. The number of rotatable bonds is 16. The largest absolute Gasteiger partial charge is 0.491 e. The third-order valence-corrected chi connectivity index (χ3v) is 12.5. The molecule has 2 aliphatic rings. The number of hydrogen-bond acceptors (Lipinski definition) is 4. The molecule has 7 aromatic rings. The number of nitrogens with one attached hydrogen (secondary N) is 1. The van der Waals surface area contributed by atoms with E-state index in [4.69, 9.17) is 19.8 Å². The number of carboxylic acid groups (broad SMARTS) is 1. The van der Waals surface area contributed by atoms with Crippen molar-refractivity contribution < 1.29 is 14.6 Å². The van der Waals surface area contributed by atoms with E-state index in [0.717, 1.165) is 147 Å². The van der Waals surface area contributed by atoms with E-state index in [2.05, 4.69) is 182 Å². The van der Waals surface area contributed by atoms with Crippen LogP contribution in [-0.4, -0.2) is 37.2 Å². The summed E-state index contributed by atoms with van der Waals surface area (Å²) in [5.74, 6) is 0.0368. The van der Waals surface area contributed by atoms with Gasteiger partial charge in [0, 0.05) is 45.9 Å². The quantitative estimate of drug-likeness (QED) is 0.0944. The molecule has 0 amide bonds. The van der Waals surface area contributed by atoms with Crippen molar-refractivity contribution in [3.05, 3.63) is 173 Å². The van der Waals surface area contributed by atoms with E-state index in [1.54, 1.807) is 0 Å². The van der Waals surface area contributed by atoms with Crippen molar-refractivity contribution in [2.75, 3.05) is 6.61 Å². The predicted octanol–water partition coefficient (Wildman–Crippen LogP) is 15.0. The number of aromatic amines is 1. The summed E-state index contributed by atoms with van der Waals surface area (Å²) in [4.78, 5) is 25.3. The maximum Gasteiger partial charge on any atom is 0.303 e. The smallest absolute Gasteiger partial charge is 0.303 e. The first kappa shape index (κ1) is 43.0. The van der Waals surface area contributed by atoms with Crippen LogP contribution in [0.2, 0.25) is 0 Å². The summed E-state index contributed by atoms with van der Waals surface area (Å²) < 4.78 is 9.40. The molecule has 0 saturated carbocycles. The van der Waals surface area contributed by atoms with Crippen molar-refractivity contribution in [3.8, 4) is 39.1 Å². The molecule has 9 rings (SSSR count). The Kier molecular flexibility index (Phi) is 13.0. The Morgan fingerprint density at radius 3 is 1.82 bits per heavy atom. The topological polar surface area (TPSA) is 93.0 Å². The molecule has 0 atom stereocenters. The molecule has 0 unspecified atom stereocenters. The Hall–Kier alpha value is -7.25. The standard InChI is InChI=1S/C58H56N4O3/c1-39-21-14-17-26-48(39)55-51-37-46-33-32-44(60-46)35-43-30-31-45(59-43)36-47-38-52(65-34-20-9-7-5-4-6-8-13-29-53(63)64)57(61-47)54(42-24-11-10-12-25-42)58(56(55)49-27-18-15-22-40(49)2)62(51)50-28-19-16-23-41(50)3/h10-12,14-19,21-28,30-33,35-38,59H,4-9,13,20,29,34H2,1-3H3,(H,63,64). The normalized spacial score (nSPS) is 12.1. The highest BCUT2D eigenvalue weighted by Gasteiger charge is 2.29. The first-order valence-electron chi connectivity index (χ1n) is 23.1. The van der Waals surface area contributed by atoms with Crippen molar-refractivity contribution in [1.82, 2.24) is 19.5 Å². The van der Waals surface area contributed by atoms with Crippen molar-refractivity contribution >= 4 is 52.0 Å². The van der Waals surface area contributed by atoms with E-state index >= 15 is 0 Å². The van der Waals surface area contributed by atoms with Crippen LogP contribution in [0.1, 0.15) is 97.3 Å². The first-order chi connectivity index (χ1) is 31.8. The maximum absolute atomic E-state index is 10.9. The van der Waals surface area contributed by atoms with Crippen molar-refractivity contribution in [1.29, 1.82) is 0 Å². The van der Waals surface area contributed by atoms with E-state index in [9.17, 15) is 4.79 Å². The summed E-state index contributed by atoms with van der Waals surface area (Å²) >= 11 is 0. The second-order valence-corrected chi connectivity index (χ2v) is 17.3. The molecule has 0 saturated heterocycles. The summed E-state index contributed by atoms with van der Waals surface area (Å²) in [5.41, 5.74) is 18.4. The molecule has 7 nitrogen and oxygen atoms in total. The zero-order valence-electron chi connectivity index (χ0n) is 37.6. The van der Waals surface area contributed by atoms with E-state index in [1.807, 2.05) is 0 Å². The zero-order valence-corrected chi connectivity index (χ0v) is 37.6. The van der Waals surface area contributed by atoms with Crippen LogP contribution in [0, 0.1) is 20.8 Å². The maximum atomic E-state index is 10.9. The summed E-state index contributed by atoms with van der Waals surface area (Å²) in [5, 5.41) is 8.97. The van der Waals surface area contributed by atoms with Gasteiger partial charge in [-0.05, 0) is 116 Å². The third kappa shape index (κ3) is 9.51. The van der Waals surface area contributed by atoms with Gasteiger partial charge in [0.05, 0.1) is 34.7 Å². The van der Waals surface area contributed by atoms with Crippen molar-refractivity contribution in [2.24, 2.45) is 0 Å². The van der Waals surface area contributed by atoms with Crippen LogP contribution in [0.4, 0.5) is 0 Å². The monoisotopic (exact) mass is 856 g/mol. The fraction of sp³-hybridized carbons (Fsp3) is 0.224. The minimum Gasteiger partial charge on any atom is -0.491 e. The van der Waals surface area contributed by atoms with Gasteiger partial charge in [-0.2, -0.15) is 0 Å². The van der Waals surface area contributed by atoms with Gasteiger partial charge in [0.15, 0.2) is 0 Å². The highest BCUT2D eigenvalue weighted by atomic mass is 16.5. The average molecular weight is 857 g/mol. The molecule has 65 heavy (non-hydrogen) atoms. The molecule has 2 aliphatic heterocycles. The fourth-order valence-electron chi connectivity index (χ4n) is 9.28. The van der Waals surface area contributed by atoms with E-state index in [1.165, 1.54) is 11.1 Å². The number of hydrogen-bond donors (Lipinski definition) is 2. The summed E-state index contributed by atoms with van der Waals surface area (Å²) in [6, 6.07) is 47.4. The number of carbonyl (C=O) groups is 1. The Balaban J connectivity index is 1.34. The highest BCUT2D eigenvalue weighted by Crippen LogP contribution is 2.49. The molecule has 7 heteroatoms. The van der Waals surface area contributed by atoms with Gasteiger partial charge in [0.25, 0.3) is 0 Å². The van der Waals surface area contributed by atoms with Gasteiger partial charge in [0.1, 0.15) is 11.5 Å². The van der Waals surface area contributed by atoms with Gasteiger partial charge in [-0.25, -0.2) is 9.97 Å². The van der Waals surface area contributed by atoms with Crippen LogP contribution in [0.5, 0.6) is 0 Å². The van der Waals surface area contributed by atoms with Gasteiger partial charge in [-0.1, -0.05) is 136 Å². The Morgan fingerprint density at radius 2 is 1.15 bits per heavy atom. The molecule has 2 N–H and O–H groups in total. The molecule has 4 aromatic carbocycles. The molecule has 0 spiro atoms. The van der Waals surface area contributed by atoms with Gasteiger partial charge in [0.2, 0.25) is 0 Å². The van der Waals surface area contributed by atoms with Crippen LogP contribution in [0.3, 0.4) is 0 Å². The second-order valence-electron chi connectivity index (χ2n) is 17.3. The van der Waals surface area contributed by atoms with E-state index in [0.29, 0.717) is 6.61 Å². The lowest BCUT2D eigenvalue weighted by Crippen LogP contribution is -2.01. The summed E-state index contributed by atoms with van der Waals surface area (Å²) in [6.45, 7) is 7.16. The number of unbranched alkanes of at least 4 members (excludes halogenated alkanes) is 7.